The van der Waals surface area contributed by atoms with Crippen molar-refractivity contribution in [3.05, 3.63) is 46.4 Å². The number of phenols is 1. The summed E-state index contributed by atoms with van der Waals surface area (Å²) in [4.78, 5) is 4.48. The summed E-state index contributed by atoms with van der Waals surface area (Å²) < 4.78 is 11.9. The third kappa shape index (κ3) is 3.28. The molecule has 0 saturated carbocycles. The van der Waals surface area contributed by atoms with Gasteiger partial charge in [0.1, 0.15) is 0 Å². The lowest BCUT2D eigenvalue weighted by atomic mass is 10.1. The van der Waals surface area contributed by atoms with Crippen LogP contribution in [0, 0.1) is 0 Å². The van der Waals surface area contributed by atoms with Crippen LogP contribution in [0.15, 0.2) is 46.0 Å². The summed E-state index contributed by atoms with van der Waals surface area (Å²) >= 11 is 4.75. The molecule has 3 aromatic rings. The molecule has 0 bridgehead atoms. The number of thioether (sulfide) groups is 1. The highest BCUT2D eigenvalue weighted by atomic mass is 79.9. The Morgan fingerprint density at radius 2 is 2.07 bits per heavy atom. The molecule has 0 spiro atoms. The number of fused-ring (bicyclic) bond motifs is 3. The molecule has 0 radical (unpaired) electrons. The van der Waals surface area contributed by atoms with Gasteiger partial charge in [0, 0.05) is 16.8 Å². The van der Waals surface area contributed by atoms with Gasteiger partial charge in [0.05, 0.1) is 11.6 Å². The van der Waals surface area contributed by atoms with Crippen molar-refractivity contribution >= 4 is 33.4 Å². The molecule has 0 amide bonds. The standard InChI is InChI=1S/C18H15BrN4O3S/c1-25-13-8-9(7-11(19)15(13)24)16-20-12-6-4-3-5-10(12)14-17(26-16)21-18(27-2)23-22-14/h3-8,16,20,24H,1-2H3/t16-/m0/s1. The first-order valence-electron chi connectivity index (χ1n) is 7.98. The van der Waals surface area contributed by atoms with E-state index in [4.69, 9.17) is 9.47 Å². The van der Waals surface area contributed by atoms with Crippen LogP contribution < -0.4 is 14.8 Å². The molecular weight excluding hydrogens is 432 g/mol. The Bertz CT molecular complexity index is 1020. The maximum absolute atomic E-state index is 10.1. The van der Waals surface area contributed by atoms with Gasteiger partial charge < -0.3 is 19.9 Å². The lowest BCUT2D eigenvalue weighted by Gasteiger charge is -2.20. The number of nitrogens with one attached hydrogen (secondary N) is 1. The van der Waals surface area contributed by atoms with Crippen molar-refractivity contribution in [2.45, 2.75) is 11.4 Å². The van der Waals surface area contributed by atoms with Crippen LogP contribution >= 0.6 is 27.7 Å². The average molecular weight is 447 g/mol. The molecule has 1 aromatic heterocycles. The van der Waals surface area contributed by atoms with E-state index in [9.17, 15) is 5.11 Å². The molecule has 0 saturated heterocycles. The molecule has 27 heavy (non-hydrogen) atoms. The van der Waals surface area contributed by atoms with Crippen molar-refractivity contribution in [3.8, 4) is 28.6 Å². The number of halogens is 1. The number of aromatic hydroxyl groups is 1. The number of aromatic nitrogens is 3. The van der Waals surface area contributed by atoms with Crippen molar-refractivity contribution < 1.29 is 14.6 Å². The number of ether oxygens (including phenoxy) is 2. The van der Waals surface area contributed by atoms with Crippen LogP contribution in [0.2, 0.25) is 0 Å². The highest BCUT2D eigenvalue weighted by molar-refractivity contribution is 9.10. The van der Waals surface area contributed by atoms with Gasteiger partial charge in [0.2, 0.25) is 11.0 Å². The molecule has 0 fully saturated rings. The maximum atomic E-state index is 10.1. The van der Waals surface area contributed by atoms with Crippen LogP contribution in [-0.2, 0) is 0 Å². The van der Waals surface area contributed by atoms with Crippen molar-refractivity contribution in [3.63, 3.8) is 0 Å². The smallest absolute Gasteiger partial charge is 0.247 e. The van der Waals surface area contributed by atoms with E-state index < -0.39 is 6.23 Å². The Labute approximate surface area is 168 Å². The number of methoxy groups -OCH3 is 1. The van der Waals surface area contributed by atoms with Gasteiger partial charge in [-0.1, -0.05) is 30.0 Å². The van der Waals surface area contributed by atoms with E-state index in [1.165, 1.54) is 18.9 Å². The van der Waals surface area contributed by atoms with Gasteiger partial charge in [-0.15, -0.1) is 10.2 Å². The first-order chi connectivity index (χ1) is 13.1. The first kappa shape index (κ1) is 17.9. The molecule has 9 heteroatoms. The van der Waals surface area contributed by atoms with Gasteiger partial charge in [-0.3, -0.25) is 0 Å². The summed E-state index contributed by atoms with van der Waals surface area (Å²) in [6, 6.07) is 11.2. The van der Waals surface area contributed by atoms with Crippen LogP contribution in [0.1, 0.15) is 11.8 Å². The molecule has 7 nitrogen and oxygen atoms in total. The predicted molar refractivity (Wildman–Crippen MR) is 106 cm³/mol. The molecule has 2 N–H and O–H groups in total. The Hall–Kier alpha value is -2.52. The molecule has 0 aliphatic carbocycles. The monoisotopic (exact) mass is 446 g/mol. The summed E-state index contributed by atoms with van der Waals surface area (Å²) in [5, 5.41) is 22.4. The molecule has 2 heterocycles. The summed E-state index contributed by atoms with van der Waals surface area (Å²) in [5.74, 6) is 0.762. The topological polar surface area (TPSA) is 89.4 Å². The summed E-state index contributed by atoms with van der Waals surface area (Å²) in [7, 11) is 1.50. The van der Waals surface area contributed by atoms with Gasteiger partial charge in [0.15, 0.2) is 23.4 Å². The zero-order valence-corrected chi connectivity index (χ0v) is 16.8. The number of rotatable bonds is 3. The van der Waals surface area contributed by atoms with E-state index >= 15 is 0 Å². The largest absolute Gasteiger partial charge is 0.503 e. The number of benzene rings is 2. The third-order valence-corrected chi connectivity index (χ3v) is 5.23. The number of anilines is 1. The fourth-order valence-corrected chi connectivity index (χ4v) is 3.54. The normalized spacial score (nSPS) is 15.0. The molecule has 0 unspecified atom stereocenters. The molecule has 1 aliphatic rings. The Balaban J connectivity index is 1.86. The number of para-hydroxylation sites is 1. The maximum Gasteiger partial charge on any atom is 0.247 e. The van der Waals surface area contributed by atoms with Crippen LogP contribution in [-0.4, -0.2) is 33.7 Å². The minimum absolute atomic E-state index is 0.0318. The van der Waals surface area contributed by atoms with Crippen LogP contribution in [0.4, 0.5) is 5.69 Å². The number of phenolic OH excluding ortho intramolecular Hbond substituents is 1. The Kier molecular flexibility index (Phi) is 4.79. The Morgan fingerprint density at radius 3 is 2.85 bits per heavy atom. The van der Waals surface area contributed by atoms with Gasteiger partial charge in [0.25, 0.3) is 0 Å². The molecular formula is C18H15BrN4O3S. The van der Waals surface area contributed by atoms with E-state index in [0.717, 1.165) is 16.8 Å². The zero-order chi connectivity index (χ0) is 19.0. The average Bonchev–Trinajstić information content (AvgIpc) is 2.86. The second-order valence-corrected chi connectivity index (χ2v) is 7.32. The summed E-state index contributed by atoms with van der Waals surface area (Å²) in [6.07, 6.45) is 1.32. The molecule has 1 aliphatic heterocycles. The number of nitrogens with zero attached hydrogens (tertiary/aromatic N) is 3. The Morgan fingerprint density at radius 1 is 1.26 bits per heavy atom. The molecule has 1 atom stereocenters. The molecule has 138 valence electrons. The SMILES string of the molecule is COc1cc([C@H]2Nc3ccccc3-c3nnc(SC)nc3O2)cc(Br)c1O. The van der Waals surface area contributed by atoms with Crippen LogP contribution in [0.3, 0.4) is 0 Å². The number of hydrogen-bond acceptors (Lipinski definition) is 8. The summed E-state index contributed by atoms with van der Waals surface area (Å²) in [5.41, 5.74) is 3.02. The van der Waals surface area contributed by atoms with Crippen molar-refractivity contribution in [1.82, 2.24) is 15.2 Å². The second-order valence-electron chi connectivity index (χ2n) is 5.69. The van der Waals surface area contributed by atoms with Gasteiger partial charge >= 0.3 is 0 Å². The van der Waals surface area contributed by atoms with E-state index in [-0.39, 0.29) is 5.75 Å². The third-order valence-electron chi connectivity index (χ3n) is 4.09. The van der Waals surface area contributed by atoms with Crippen LogP contribution in [0.25, 0.3) is 11.3 Å². The molecule has 2 aromatic carbocycles. The zero-order valence-electron chi connectivity index (χ0n) is 14.4. The van der Waals surface area contributed by atoms with Crippen LogP contribution in [0.5, 0.6) is 17.4 Å². The van der Waals surface area contributed by atoms with E-state index in [1.54, 1.807) is 12.1 Å². The van der Waals surface area contributed by atoms with Gasteiger partial charge in [-0.2, -0.15) is 4.98 Å². The minimum Gasteiger partial charge on any atom is -0.503 e. The minimum atomic E-state index is -0.565. The molecule has 4 rings (SSSR count). The van der Waals surface area contributed by atoms with Gasteiger partial charge in [-0.05, 0) is 40.4 Å². The second kappa shape index (κ2) is 7.24. The highest BCUT2D eigenvalue weighted by Crippen LogP contribution is 2.42. The van der Waals surface area contributed by atoms with Gasteiger partial charge in [-0.25, -0.2) is 0 Å². The fraction of sp³-hybridized carbons (Fsp3) is 0.167. The summed E-state index contributed by atoms with van der Waals surface area (Å²) in [6.45, 7) is 0. The lowest BCUT2D eigenvalue weighted by Crippen LogP contribution is -2.17. The predicted octanol–water partition coefficient (Wildman–Crippen LogP) is 4.24. The van der Waals surface area contributed by atoms with E-state index in [0.29, 0.717) is 27.0 Å². The van der Waals surface area contributed by atoms with E-state index in [2.05, 4.69) is 36.4 Å². The van der Waals surface area contributed by atoms with Crippen molar-refractivity contribution in [2.24, 2.45) is 0 Å². The highest BCUT2D eigenvalue weighted by Gasteiger charge is 2.27. The number of hydrogen-bond donors (Lipinski definition) is 2. The quantitative estimate of drug-likeness (QED) is 0.577. The lowest BCUT2D eigenvalue weighted by molar-refractivity contribution is 0.224. The first-order valence-corrected chi connectivity index (χ1v) is 10.00. The van der Waals surface area contributed by atoms with Crippen molar-refractivity contribution in [1.29, 1.82) is 0 Å². The fourth-order valence-electron chi connectivity index (χ4n) is 2.79. The van der Waals surface area contributed by atoms with Crippen molar-refractivity contribution in [2.75, 3.05) is 18.7 Å². The van der Waals surface area contributed by atoms with E-state index in [1.807, 2.05) is 30.5 Å².